The summed E-state index contributed by atoms with van der Waals surface area (Å²) >= 11 is 1.77. The van der Waals surface area contributed by atoms with Crippen LogP contribution in [0.3, 0.4) is 0 Å². The van der Waals surface area contributed by atoms with Crippen LogP contribution in [0.2, 0.25) is 0 Å². The molecule has 0 saturated heterocycles. The van der Waals surface area contributed by atoms with Crippen LogP contribution in [0, 0.1) is 6.92 Å². The van der Waals surface area contributed by atoms with Crippen molar-refractivity contribution in [2.24, 2.45) is 0 Å². The van der Waals surface area contributed by atoms with Crippen molar-refractivity contribution in [1.29, 1.82) is 0 Å². The van der Waals surface area contributed by atoms with Gasteiger partial charge in [0.15, 0.2) is 5.82 Å². The molecule has 0 spiro atoms. The van der Waals surface area contributed by atoms with Gasteiger partial charge in [0.1, 0.15) is 5.76 Å². The van der Waals surface area contributed by atoms with Crippen molar-refractivity contribution in [3.63, 3.8) is 0 Å². The number of aryl methyl sites for hydroxylation is 1. The maximum absolute atomic E-state index is 11.7. The van der Waals surface area contributed by atoms with Crippen LogP contribution in [0.1, 0.15) is 29.9 Å². The summed E-state index contributed by atoms with van der Waals surface area (Å²) in [4.78, 5) is 11.7. The first-order valence-corrected chi connectivity index (χ1v) is 7.60. The highest BCUT2D eigenvalue weighted by Gasteiger charge is 2.09. The number of aromatic nitrogens is 1. The molecule has 20 heavy (non-hydrogen) atoms. The second-order valence-electron chi connectivity index (χ2n) is 4.54. The lowest BCUT2D eigenvalue weighted by Crippen LogP contribution is -2.12. The Labute approximate surface area is 122 Å². The third kappa shape index (κ3) is 4.42. The van der Waals surface area contributed by atoms with Crippen molar-refractivity contribution in [3.05, 3.63) is 47.7 Å². The molecule has 2 aromatic rings. The van der Waals surface area contributed by atoms with Crippen molar-refractivity contribution in [1.82, 2.24) is 5.16 Å². The summed E-state index contributed by atoms with van der Waals surface area (Å²) < 4.78 is 4.90. The van der Waals surface area contributed by atoms with E-state index in [0.717, 1.165) is 5.75 Å². The summed E-state index contributed by atoms with van der Waals surface area (Å²) in [5.74, 6) is 1.91. The minimum absolute atomic E-state index is 0.0361. The third-order valence-electron chi connectivity index (χ3n) is 2.86. The van der Waals surface area contributed by atoms with E-state index in [1.807, 2.05) is 18.2 Å². The van der Waals surface area contributed by atoms with Crippen LogP contribution in [-0.2, 0) is 4.79 Å². The van der Waals surface area contributed by atoms with Crippen LogP contribution in [0.15, 0.2) is 40.9 Å². The Balaban J connectivity index is 1.71. The van der Waals surface area contributed by atoms with Gasteiger partial charge >= 0.3 is 0 Å². The Kier molecular flexibility index (Phi) is 5.24. The van der Waals surface area contributed by atoms with Gasteiger partial charge in [-0.1, -0.05) is 35.5 Å². The molecule has 106 valence electrons. The van der Waals surface area contributed by atoms with Crippen molar-refractivity contribution in [2.45, 2.75) is 25.5 Å². The Bertz CT molecular complexity index is 554. The van der Waals surface area contributed by atoms with Crippen LogP contribution >= 0.6 is 11.8 Å². The molecule has 0 aliphatic rings. The van der Waals surface area contributed by atoms with Crippen LogP contribution < -0.4 is 5.32 Å². The quantitative estimate of drug-likeness (QED) is 0.879. The molecule has 0 aliphatic carbocycles. The number of thioether (sulfide) groups is 1. The molecule has 0 saturated carbocycles. The monoisotopic (exact) mass is 290 g/mol. The first kappa shape index (κ1) is 14.7. The van der Waals surface area contributed by atoms with E-state index in [1.165, 1.54) is 5.56 Å². The van der Waals surface area contributed by atoms with Gasteiger partial charge in [-0.05, 0) is 19.4 Å². The Morgan fingerprint density at radius 2 is 2.15 bits per heavy atom. The first-order chi connectivity index (χ1) is 9.65. The largest absolute Gasteiger partial charge is 0.360 e. The fourth-order valence-corrected chi connectivity index (χ4v) is 2.79. The van der Waals surface area contributed by atoms with E-state index in [0.29, 0.717) is 23.2 Å². The summed E-state index contributed by atoms with van der Waals surface area (Å²) in [5.41, 5.74) is 1.28. The second-order valence-corrected chi connectivity index (χ2v) is 5.99. The third-order valence-corrected chi connectivity index (χ3v) is 4.07. The summed E-state index contributed by atoms with van der Waals surface area (Å²) in [6.45, 7) is 3.94. The second kappa shape index (κ2) is 7.14. The van der Waals surface area contributed by atoms with Crippen LogP contribution in [0.25, 0.3) is 0 Å². The zero-order chi connectivity index (χ0) is 14.4. The molecular formula is C15H18N2O2S. The molecule has 0 aliphatic heterocycles. The summed E-state index contributed by atoms with van der Waals surface area (Å²) in [5, 5.41) is 6.84. The SMILES string of the molecule is Cc1cc(NC(=O)CCS[C@@H](C)c2ccccc2)no1. The molecule has 4 nitrogen and oxygen atoms in total. The van der Waals surface area contributed by atoms with Gasteiger partial charge in [-0.25, -0.2) is 0 Å². The molecule has 1 atom stereocenters. The molecule has 2 rings (SSSR count). The van der Waals surface area contributed by atoms with Gasteiger partial charge in [0.05, 0.1) is 0 Å². The predicted molar refractivity (Wildman–Crippen MR) is 81.8 cm³/mol. The van der Waals surface area contributed by atoms with Gasteiger partial charge in [0.25, 0.3) is 0 Å². The first-order valence-electron chi connectivity index (χ1n) is 6.55. The number of anilines is 1. The highest BCUT2D eigenvalue weighted by Crippen LogP contribution is 2.28. The highest BCUT2D eigenvalue weighted by molar-refractivity contribution is 7.99. The molecule has 1 aromatic heterocycles. The Morgan fingerprint density at radius 1 is 1.40 bits per heavy atom. The van der Waals surface area contributed by atoms with Crippen molar-refractivity contribution >= 4 is 23.5 Å². The van der Waals surface area contributed by atoms with Gasteiger partial charge < -0.3 is 9.84 Å². The summed E-state index contributed by atoms with van der Waals surface area (Å²) in [6, 6.07) is 12.0. The average Bonchev–Trinajstić information content (AvgIpc) is 2.85. The molecule has 1 aromatic carbocycles. The molecule has 0 bridgehead atoms. The molecular weight excluding hydrogens is 272 g/mol. The Hall–Kier alpha value is -1.75. The van der Waals surface area contributed by atoms with Crippen LogP contribution in [0.5, 0.6) is 0 Å². The smallest absolute Gasteiger partial charge is 0.226 e. The van der Waals surface area contributed by atoms with E-state index >= 15 is 0 Å². The molecule has 0 unspecified atom stereocenters. The fraction of sp³-hybridized carbons (Fsp3) is 0.333. The van der Waals surface area contributed by atoms with E-state index in [2.05, 4.69) is 29.5 Å². The number of nitrogens with one attached hydrogen (secondary N) is 1. The number of rotatable bonds is 6. The van der Waals surface area contributed by atoms with Crippen molar-refractivity contribution in [2.75, 3.05) is 11.1 Å². The van der Waals surface area contributed by atoms with Gasteiger partial charge in [-0.2, -0.15) is 11.8 Å². The van der Waals surface area contributed by atoms with Gasteiger partial charge in [-0.3, -0.25) is 4.79 Å². The minimum Gasteiger partial charge on any atom is -0.360 e. The highest BCUT2D eigenvalue weighted by atomic mass is 32.2. The van der Waals surface area contributed by atoms with Gasteiger partial charge in [0.2, 0.25) is 5.91 Å². The van der Waals surface area contributed by atoms with E-state index in [4.69, 9.17) is 4.52 Å². The van der Waals surface area contributed by atoms with Gasteiger partial charge in [-0.15, -0.1) is 0 Å². The number of hydrogen-bond acceptors (Lipinski definition) is 4. The number of nitrogens with zero attached hydrogens (tertiary/aromatic N) is 1. The van der Waals surface area contributed by atoms with Gasteiger partial charge in [0, 0.05) is 23.5 Å². The number of carbonyl (C=O) groups is 1. The fourth-order valence-electron chi connectivity index (χ4n) is 1.78. The maximum Gasteiger partial charge on any atom is 0.226 e. The number of benzene rings is 1. The molecule has 1 N–H and O–H groups in total. The van der Waals surface area contributed by atoms with E-state index < -0.39 is 0 Å². The normalized spacial score (nSPS) is 12.1. The Morgan fingerprint density at radius 3 is 2.80 bits per heavy atom. The lowest BCUT2D eigenvalue weighted by Gasteiger charge is -2.10. The van der Waals surface area contributed by atoms with E-state index in [1.54, 1.807) is 24.8 Å². The lowest BCUT2D eigenvalue weighted by molar-refractivity contribution is -0.115. The average molecular weight is 290 g/mol. The van der Waals surface area contributed by atoms with Crippen LogP contribution in [-0.4, -0.2) is 16.8 Å². The summed E-state index contributed by atoms with van der Waals surface area (Å²) in [6.07, 6.45) is 0.466. The van der Waals surface area contributed by atoms with E-state index in [-0.39, 0.29) is 5.91 Å². The zero-order valence-corrected chi connectivity index (χ0v) is 12.4. The van der Waals surface area contributed by atoms with Crippen molar-refractivity contribution < 1.29 is 9.32 Å². The molecule has 1 heterocycles. The number of hydrogen-bond donors (Lipinski definition) is 1. The number of carbonyl (C=O) groups excluding carboxylic acids is 1. The minimum atomic E-state index is -0.0361. The topological polar surface area (TPSA) is 55.1 Å². The summed E-state index contributed by atoms with van der Waals surface area (Å²) in [7, 11) is 0. The van der Waals surface area contributed by atoms with Crippen LogP contribution in [0.4, 0.5) is 5.82 Å². The van der Waals surface area contributed by atoms with Crippen molar-refractivity contribution in [3.8, 4) is 0 Å². The maximum atomic E-state index is 11.7. The zero-order valence-electron chi connectivity index (χ0n) is 11.6. The molecule has 0 radical (unpaired) electrons. The molecule has 1 amide bonds. The van der Waals surface area contributed by atoms with E-state index in [9.17, 15) is 4.79 Å². The predicted octanol–water partition coefficient (Wildman–Crippen LogP) is 3.81. The molecule has 5 heteroatoms. The molecule has 0 fully saturated rings. The lowest BCUT2D eigenvalue weighted by atomic mass is 10.2. The standard InChI is InChI=1S/C15H18N2O2S/c1-11-10-14(17-19-11)16-15(18)8-9-20-12(2)13-6-4-3-5-7-13/h3-7,10,12H,8-9H2,1-2H3,(H,16,17,18)/t12-/m0/s1. The number of amides is 1.